The molecule has 0 aromatic heterocycles. The number of hydrogen-bond acceptors (Lipinski definition) is 3. The van der Waals surface area contributed by atoms with Crippen molar-refractivity contribution in [1.29, 1.82) is 0 Å². The van der Waals surface area contributed by atoms with Crippen LogP contribution in [0.25, 0.3) is 10.8 Å². The molecule has 0 saturated carbocycles. The second-order valence-electron chi connectivity index (χ2n) is 2.75. The summed E-state index contributed by atoms with van der Waals surface area (Å²) in [5, 5.41) is 13.7. The number of nitrogens with zero attached hydrogens (tertiary/aromatic N) is 1. The van der Waals surface area contributed by atoms with Crippen molar-refractivity contribution in [3.8, 4) is 5.75 Å². The van der Waals surface area contributed by atoms with Gasteiger partial charge in [-0.15, -0.1) is 4.91 Å². The zero-order chi connectivity index (χ0) is 9.26. The van der Waals surface area contributed by atoms with Gasteiger partial charge in [-0.1, -0.05) is 30.3 Å². The molecule has 72 valence electrons. The first-order chi connectivity index (χ1) is 6.33. The molecule has 0 unspecified atom stereocenters. The van der Waals surface area contributed by atoms with Crippen LogP contribution in [0.1, 0.15) is 0 Å². The molecule has 0 atom stereocenters. The molecular formula is C10H7FeNO2. The minimum absolute atomic E-state index is 0. The van der Waals surface area contributed by atoms with Crippen LogP contribution in [-0.4, -0.2) is 5.11 Å². The Balaban J connectivity index is 0.000000980. The summed E-state index contributed by atoms with van der Waals surface area (Å²) in [6, 6.07) is 10.5. The normalized spacial score (nSPS) is 9.43. The van der Waals surface area contributed by atoms with Crippen LogP contribution < -0.4 is 0 Å². The molecule has 4 heteroatoms. The second kappa shape index (κ2) is 4.22. The zero-order valence-corrected chi connectivity index (χ0v) is 8.22. The predicted octanol–water partition coefficient (Wildman–Crippen LogP) is 2.94. The molecule has 0 fully saturated rings. The summed E-state index contributed by atoms with van der Waals surface area (Å²) in [6.07, 6.45) is 0. The molecule has 0 spiro atoms. The number of rotatable bonds is 1. The number of fused-ring (bicyclic) bond motifs is 1. The molecule has 3 nitrogen and oxygen atoms in total. The molecule has 2 aromatic carbocycles. The SMILES string of the molecule is O=Nc1c(O)ccc2ccccc12.[Fe]. The van der Waals surface area contributed by atoms with Crippen LogP contribution in [-0.2, 0) is 17.1 Å². The van der Waals surface area contributed by atoms with Gasteiger partial charge in [-0.25, -0.2) is 0 Å². The van der Waals surface area contributed by atoms with E-state index in [1.807, 2.05) is 12.1 Å². The summed E-state index contributed by atoms with van der Waals surface area (Å²) in [4.78, 5) is 10.4. The van der Waals surface area contributed by atoms with E-state index >= 15 is 0 Å². The molecule has 0 saturated heterocycles. The van der Waals surface area contributed by atoms with E-state index < -0.39 is 0 Å². The van der Waals surface area contributed by atoms with E-state index in [1.165, 1.54) is 6.07 Å². The molecule has 0 amide bonds. The average molecular weight is 229 g/mol. The largest absolute Gasteiger partial charge is 0.506 e. The number of benzene rings is 2. The third-order valence-corrected chi connectivity index (χ3v) is 1.97. The summed E-state index contributed by atoms with van der Waals surface area (Å²) in [6.45, 7) is 0. The van der Waals surface area contributed by atoms with Gasteiger partial charge in [-0.2, -0.15) is 0 Å². The maximum absolute atomic E-state index is 10.4. The number of nitroso groups, excluding NO2 is 1. The van der Waals surface area contributed by atoms with Gasteiger partial charge < -0.3 is 5.11 Å². The first-order valence-corrected chi connectivity index (χ1v) is 3.87. The van der Waals surface area contributed by atoms with Crippen molar-refractivity contribution in [2.24, 2.45) is 5.18 Å². The van der Waals surface area contributed by atoms with Crippen molar-refractivity contribution < 1.29 is 22.2 Å². The topological polar surface area (TPSA) is 49.7 Å². The maximum atomic E-state index is 10.4. The fourth-order valence-corrected chi connectivity index (χ4v) is 1.34. The number of phenols is 1. The van der Waals surface area contributed by atoms with Gasteiger partial charge in [0.25, 0.3) is 0 Å². The molecular weight excluding hydrogens is 222 g/mol. The molecule has 0 heterocycles. The Morgan fingerprint density at radius 2 is 1.79 bits per heavy atom. The third-order valence-electron chi connectivity index (χ3n) is 1.97. The smallest absolute Gasteiger partial charge is 0.157 e. The Morgan fingerprint density at radius 3 is 2.50 bits per heavy atom. The van der Waals surface area contributed by atoms with E-state index in [2.05, 4.69) is 5.18 Å². The van der Waals surface area contributed by atoms with Crippen molar-refractivity contribution in [2.45, 2.75) is 0 Å². The summed E-state index contributed by atoms with van der Waals surface area (Å²) in [5.74, 6) is -0.0753. The minimum atomic E-state index is -0.0753. The van der Waals surface area contributed by atoms with Gasteiger partial charge >= 0.3 is 0 Å². The summed E-state index contributed by atoms with van der Waals surface area (Å²) < 4.78 is 0. The first-order valence-electron chi connectivity index (χ1n) is 3.87. The average Bonchev–Trinajstić information content (AvgIpc) is 2.18. The summed E-state index contributed by atoms with van der Waals surface area (Å²) >= 11 is 0. The molecule has 0 aliphatic heterocycles. The van der Waals surface area contributed by atoms with Crippen molar-refractivity contribution in [3.05, 3.63) is 41.3 Å². The Labute approximate surface area is 91.2 Å². The third kappa shape index (κ3) is 1.62. The summed E-state index contributed by atoms with van der Waals surface area (Å²) in [7, 11) is 0. The fraction of sp³-hybridized carbons (Fsp3) is 0. The van der Waals surface area contributed by atoms with Crippen LogP contribution in [0, 0.1) is 4.91 Å². The van der Waals surface area contributed by atoms with Crippen LogP contribution in [0.5, 0.6) is 5.75 Å². The minimum Gasteiger partial charge on any atom is -0.506 e. The molecule has 0 bridgehead atoms. The number of hydrogen-bond donors (Lipinski definition) is 1. The quantitative estimate of drug-likeness (QED) is 0.603. The van der Waals surface area contributed by atoms with Crippen molar-refractivity contribution in [2.75, 3.05) is 0 Å². The Kier molecular flexibility index (Phi) is 3.23. The number of phenolic OH excluding ortho intramolecular Hbond substituents is 1. The molecule has 0 aliphatic carbocycles. The van der Waals surface area contributed by atoms with Gasteiger partial charge in [-0.3, -0.25) is 0 Å². The van der Waals surface area contributed by atoms with Gasteiger partial charge in [0, 0.05) is 22.5 Å². The first kappa shape index (κ1) is 10.7. The Morgan fingerprint density at radius 1 is 1.07 bits per heavy atom. The fourth-order valence-electron chi connectivity index (χ4n) is 1.34. The zero-order valence-electron chi connectivity index (χ0n) is 7.12. The van der Waals surface area contributed by atoms with E-state index in [9.17, 15) is 10.0 Å². The standard InChI is InChI=1S/C10H7NO2.Fe/c12-9-6-5-7-3-1-2-4-8(7)10(9)11-13;/h1-6,12H;. The Bertz CT molecular complexity index is 471. The maximum Gasteiger partial charge on any atom is 0.157 e. The van der Waals surface area contributed by atoms with Gasteiger partial charge in [0.1, 0.15) is 5.75 Å². The van der Waals surface area contributed by atoms with Crippen molar-refractivity contribution >= 4 is 16.5 Å². The van der Waals surface area contributed by atoms with Gasteiger partial charge in [0.15, 0.2) is 5.69 Å². The van der Waals surface area contributed by atoms with Gasteiger partial charge in [0.2, 0.25) is 0 Å². The van der Waals surface area contributed by atoms with Gasteiger partial charge in [-0.05, 0) is 16.6 Å². The number of aromatic hydroxyl groups is 1. The molecule has 2 aromatic rings. The second-order valence-corrected chi connectivity index (χ2v) is 2.75. The van der Waals surface area contributed by atoms with Crippen LogP contribution in [0.3, 0.4) is 0 Å². The van der Waals surface area contributed by atoms with Crippen LogP contribution in [0.15, 0.2) is 41.6 Å². The van der Waals surface area contributed by atoms with E-state index in [1.54, 1.807) is 18.2 Å². The molecule has 0 radical (unpaired) electrons. The van der Waals surface area contributed by atoms with E-state index in [0.29, 0.717) is 5.39 Å². The van der Waals surface area contributed by atoms with Crippen molar-refractivity contribution in [3.63, 3.8) is 0 Å². The monoisotopic (exact) mass is 229 g/mol. The molecule has 1 N–H and O–H groups in total. The molecule has 0 aliphatic rings. The summed E-state index contributed by atoms with van der Waals surface area (Å²) in [5.41, 5.74) is 0.109. The van der Waals surface area contributed by atoms with Gasteiger partial charge in [0.05, 0.1) is 0 Å². The predicted molar refractivity (Wildman–Crippen MR) is 51.1 cm³/mol. The van der Waals surface area contributed by atoms with Crippen LogP contribution in [0.2, 0.25) is 0 Å². The molecule has 14 heavy (non-hydrogen) atoms. The van der Waals surface area contributed by atoms with Crippen LogP contribution in [0.4, 0.5) is 5.69 Å². The van der Waals surface area contributed by atoms with E-state index in [0.717, 1.165) is 5.39 Å². The Hall–Kier alpha value is -1.38. The van der Waals surface area contributed by atoms with Crippen molar-refractivity contribution in [1.82, 2.24) is 0 Å². The van der Waals surface area contributed by atoms with E-state index in [-0.39, 0.29) is 28.5 Å². The van der Waals surface area contributed by atoms with E-state index in [4.69, 9.17) is 0 Å². The van der Waals surface area contributed by atoms with Crippen LogP contribution >= 0.6 is 0 Å². The molecule has 2 rings (SSSR count).